The maximum absolute atomic E-state index is 12.6. The number of aromatic amines is 1. The van der Waals surface area contributed by atoms with Gasteiger partial charge in [0.05, 0.1) is 11.1 Å². The van der Waals surface area contributed by atoms with Crippen LogP contribution in [0.15, 0.2) is 53.9 Å². The first-order chi connectivity index (χ1) is 12.7. The van der Waals surface area contributed by atoms with Crippen LogP contribution in [0.25, 0.3) is 16.7 Å². The van der Waals surface area contributed by atoms with Gasteiger partial charge in [-0.1, -0.05) is 24.3 Å². The number of anilines is 1. The number of para-hydroxylation sites is 1. The van der Waals surface area contributed by atoms with Crippen molar-refractivity contribution in [2.75, 3.05) is 5.32 Å². The highest BCUT2D eigenvalue weighted by atomic mass is 32.1. The molecule has 5 rings (SSSR count). The van der Waals surface area contributed by atoms with Gasteiger partial charge in [0.2, 0.25) is 0 Å². The van der Waals surface area contributed by atoms with Gasteiger partial charge in [0.25, 0.3) is 11.7 Å². The van der Waals surface area contributed by atoms with Crippen molar-refractivity contribution in [3.05, 3.63) is 70.0 Å². The van der Waals surface area contributed by atoms with Crippen molar-refractivity contribution in [3.63, 3.8) is 0 Å². The van der Waals surface area contributed by atoms with E-state index in [1.54, 1.807) is 11.3 Å². The molecule has 6 nitrogen and oxygen atoms in total. The van der Waals surface area contributed by atoms with E-state index in [1.807, 2.05) is 65.5 Å². The van der Waals surface area contributed by atoms with Gasteiger partial charge in [-0.25, -0.2) is 5.10 Å². The van der Waals surface area contributed by atoms with Crippen LogP contribution < -0.4 is 15.3 Å². The Bertz CT molecular complexity index is 1120. The van der Waals surface area contributed by atoms with Crippen LogP contribution in [0.2, 0.25) is 0 Å². The van der Waals surface area contributed by atoms with Crippen LogP contribution in [0.4, 0.5) is 5.82 Å². The number of amides is 1. The molecular weight excluding hydrogens is 346 g/mol. The van der Waals surface area contributed by atoms with Crippen molar-refractivity contribution in [3.8, 4) is 5.69 Å². The third-order valence-electron chi connectivity index (χ3n) is 4.54. The van der Waals surface area contributed by atoms with Crippen molar-refractivity contribution in [1.29, 1.82) is 0 Å². The number of hydrogen-bond donors (Lipinski definition) is 3. The van der Waals surface area contributed by atoms with E-state index in [0.717, 1.165) is 27.3 Å². The number of nitrogens with one attached hydrogen (secondary N) is 3. The SMILES string of the molecule is Cc1[nH][n+](-c2ccccc2)c2nc3c(cc12)C(=O)N[C@@H](c1cccs1)N3. The minimum absolute atomic E-state index is 0.113. The Balaban J connectivity index is 1.67. The summed E-state index contributed by atoms with van der Waals surface area (Å²) in [5, 5.41) is 12.6. The fraction of sp³-hybridized carbons (Fsp3) is 0.105. The number of aryl methyl sites for hydroxylation is 1. The molecule has 0 unspecified atom stereocenters. The minimum atomic E-state index is -0.259. The van der Waals surface area contributed by atoms with Gasteiger partial charge in [-0.3, -0.25) is 4.79 Å². The van der Waals surface area contributed by atoms with Gasteiger partial charge in [-0.2, -0.15) is 0 Å². The Hall–Kier alpha value is -3.19. The first-order valence-corrected chi connectivity index (χ1v) is 9.20. The van der Waals surface area contributed by atoms with E-state index < -0.39 is 0 Å². The van der Waals surface area contributed by atoms with Crippen LogP contribution in [-0.4, -0.2) is 16.0 Å². The summed E-state index contributed by atoms with van der Waals surface area (Å²) in [6, 6.07) is 15.9. The van der Waals surface area contributed by atoms with Crippen molar-refractivity contribution < 1.29 is 9.48 Å². The molecule has 0 saturated heterocycles. The molecule has 0 fully saturated rings. The van der Waals surface area contributed by atoms with Gasteiger partial charge in [0.1, 0.15) is 11.7 Å². The second-order valence-corrected chi connectivity index (χ2v) is 7.21. The molecule has 1 amide bonds. The van der Waals surface area contributed by atoms with E-state index in [-0.39, 0.29) is 12.1 Å². The zero-order valence-electron chi connectivity index (χ0n) is 14.0. The number of aromatic nitrogens is 3. The monoisotopic (exact) mass is 362 g/mol. The lowest BCUT2D eigenvalue weighted by Crippen LogP contribution is -2.39. The van der Waals surface area contributed by atoms with Gasteiger partial charge in [-0.05, 0) is 41.6 Å². The lowest BCUT2D eigenvalue weighted by atomic mass is 10.1. The number of hydrogen-bond acceptors (Lipinski definition) is 4. The molecule has 0 radical (unpaired) electrons. The smallest absolute Gasteiger partial charge is 0.327 e. The van der Waals surface area contributed by atoms with Crippen molar-refractivity contribution >= 4 is 34.1 Å². The van der Waals surface area contributed by atoms with Gasteiger partial charge < -0.3 is 10.6 Å². The molecule has 0 bridgehead atoms. The Labute approximate surface area is 153 Å². The normalized spacial score (nSPS) is 16.2. The highest BCUT2D eigenvalue weighted by Crippen LogP contribution is 2.29. The molecule has 0 aliphatic carbocycles. The Kier molecular flexibility index (Phi) is 3.29. The lowest BCUT2D eigenvalue weighted by Gasteiger charge is -2.23. The topological polar surface area (TPSA) is 73.7 Å². The highest BCUT2D eigenvalue weighted by Gasteiger charge is 2.32. The number of nitrogens with zero attached hydrogens (tertiary/aromatic N) is 2. The lowest BCUT2D eigenvalue weighted by molar-refractivity contribution is -0.632. The minimum Gasteiger partial charge on any atom is -0.327 e. The average Bonchev–Trinajstić information content (AvgIpc) is 3.30. The molecule has 4 heterocycles. The number of fused-ring (bicyclic) bond motifs is 2. The van der Waals surface area contributed by atoms with Crippen LogP contribution in [0, 0.1) is 6.92 Å². The summed E-state index contributed by atoms with van der Waals surface area (Å²) in [6.07, 6.45) is -0.259. The molecule has 1 aromatic carbocycles. The van der Waals surface area contributed by atoms with Crippen LogP contribution >= 0.6 is 11.3 Å². The number of benzene rings is 1. The number of carbonyl (C=O) groups excluding carboxylic acids is 1. The fourth-order valence-corrected chi connectivity index (χ4v) is 3.98. The van der Waals surface area contributed by atoms with E-state index in [9.17, 15) is 4.79 Å². The first-order valence-electron chi connectivity index (χ1n) is 8.32. The molecule has 3 aromatic heterocycles. The number of rotatable bonds is 2. The third kappa shape index (κ3) is 2.28. The Morgan fingerprint density at radius 1 is 1.12 bits per heavy atom. The molecule has 26 heavy (non-hydrogen) atoms. The van der Waals surface area contributed by atoms with Crippen LogP contribution in [-0.2, 0) is 0 Å². The summed E-state index contributed by atoms with van der Waals surface area (Å²) in [4.78, 5) is 18.5. The molecule has 3 N–H and O–H groups in total. The quantitative estimate of drug-likeness (QED) is 0.480. The number of carbonyl (C=O) groups is 1. The summed E-state index contributed by atoms with van der Waals surface area (Å²) < 4.78 is 1.94. The van der Waals surface area contributed by atoms with Gasteiger partial charge in [-0.15, -0.1) is 16.0 Å². The molecule has 1 aliphatic heterocycles. The molecule has 4 aromatic rings. The number of pyridine rings is 1. The third-order valence-corrected chi connectivity index (χ3v) is 5.48. The summed E-state index contributed by atoms with van der Waals surface area (Å²) in [5.74, 6) is 0.488. The maximum Gasteiger partial charge on any atom is 0.358 e. The summed E-state index contributed by atoms with van der Waals surface area (Å²) in [5.41, 5.74) is 3.31. The van der Waals surface area contributed by atoms with Crippen LogP contribution in [0.1, 0.15) is 27.1 Å². The molecular formula is C19H16N5OS+. The molecule has 0 saturated carbocycles. The van der Waals surface area contributed by atoms with Gasteiger partial charge in [0, 0.05) is 4.88 Å². The molecule has 0 spiro atoms. The van der Waals surface area contributed by atoms with E-state index in [2.05, 4.69) is 15.7 Å². The number of thiophene rings is 1. The Morgan fingerprint density at radius 3 is 2.73 bits per heavy atom. The standard InChI is InChI=1S/C19H15N5OS/c1-11-13-10-14-16(20-17(22-19(14)25)15-8-5-9-26-15)21-18(13)24(23-11)12-6-3-2-4-7-12/h2-10,17H,1H3,(H2,20,21,22,23,25)/p+1/t17-/m0/s1. The zero-order valence-corrected chi connectivity index (χ0v) is 14.8. The predicted molar refractivity (Wildman–Crippen MR) is 101 cm³/mol. The first kappa shape index (κ1) is 15.1. The highest BCUT2D eigenvalue weighted by molar-refractivity contribution is 7.10. The van der Waals surface area contributed by atoms with E-state index in [4.69, 9.17) is 4.98 Å². The number of H-pyrrole nitrogens is 1. The van der Waals surface area contributed by atoms with Crippen LogP contribution in [0.3, 0.4) is 0 Å². The molecule has 7 heteroatoms. The molecule has 1 atom stereocenters. The van der Waals surface area contributed by atoms with Crippen molar-refractivity contribution in [1.82, 2.24) is 15.4 Å². The van der Waals surface area contributed by atoms with E-state index in [1.165, 1.54) is 0 Å². The predicted octanol–water partition coefficient (Wildman–Crippen LogP) is 3.06. The second-order valence-electron chi connectivity index (χ2n) is 6.23. The summed E-state index contributed by atoms with van der Waals surface area (Å²) >= 11 is 1.60. The zero-order chi connectivity index (χ0) is 17.7. The fourth-order valence-electron chi connectivity index (χ4n) is 3.26. The van der Waals surface area contributed by atoms with E-state index >= 15 is 0 Å². The second kappa shape index (κ2) is 5.67. The maximum atomic E-state index is 12.6. The van der Waals surface area contributed by atoms with Crippen LogP contribution in [0.5, 0.6) is 0 Å². The molecule has 128 valence electrons. The average molecular weight is 362 g/mol. The molecule has 1 aliphatic rings. The summed E-state index contributed by atoms with van der Waals surface area (Å²) in [6.45, 7) is 1.98. The van der Waals surface area contributed by atoms with Gasteiger partial charge >= 0.3 is 5.65 Å². The van der Waals surface area contributed by atoms with Crippen molar-refractivity contribution in [2.24, 2.45) is 0 Å². The van der Waals surface area contributed by atoms with Crippen molar-refractivity contribution in [2.45, 2.75) is 13.1 Å². The Morgan fingerprint density at radius 2 is 1.96 bits per heavy atom. The summed E-state index contributed by atoms with van der Waals surface area (Å²) in [7, 11) is 0. The largest absolute Gasteiger partial charge is 0.358 e. The van der Waals surface area contributed by atoms with Gasteiger partial charge in [0.15, 0.2) is 5.69 Å². The van der Waals surface area contributed by atoms with E-state index in [0.29, 0.717) is 11.4 Å².